The lowest BCUT2D eigenvalue weighted by Crippen LogP contribution is -3.00. The number of likely N-dealkylation sites (N-methyl/N-ethyl adjacent to an activating group) is 1. The van der Waals surface area contributed by atoms with Crippen LogP contribution in [0.2, 0.25) is 0 Å². The summed E-state index contributed by atoms with van der Waals surface area (Å²) < 4.78 is 22.5. The van der Waals surface area contributed by atoms with Crippen molar-refractivity contribution in [1.82, 2.24) is 5.32 Å². The third kappa shape index (κ3) is 10.7. The summed E-state index contributed by atoms with van der Waals surface area (Å²) in [4.78, 5) is 23.2. The molecule has 1 atom stereocenters. The van der Waals surface area contributed by atoms with E-state index in [1.54, 1.807) is 34.9 Å². The molecule has 0 bridgehead atoms. The average molecular weight is 389 g/mol. The van der Waals surface area contributed by atoms with E-state index in [2.05, 4.69) is 5.32 Å². The molecule has 2 N–H and O–H groups in total. The summed E-state index contributed by atoms with van der Waals surface area (Å²) >= 11 is 0. The van der Waals surface area contributed by atoms with Crippen LogP contribution in [0, 0.1) is 0 Å². The Morgan fingerprint density at radius 2 is 1.86 bits per heavy atom. The van der Waals surface area contributed by atoms with Gasteiger partial charge >= 0.3 is 12.1 Å². The van der Waals surface area contributed by atoms with Gasteiger partial charge in [0.25, 0.3) is 0 Å². The molecule has 22 heavy (non-hydrogen) atoms. The van der Waals surface area contributed by atoms with Crippen molar-refractivity contribution in [2.45, 2.75) is 32.4 Å². The van der Waals surface area contributed by atoms with E-state index in [1.165, 1.54) is 0 Å². The maximum Gasteiger partial charge on any atom is 0.408 e. The molecule has 0 spiro atoms. The zero-order valence-corrected chi connectivity index (χ0v) is 15.3. The number of alkyl carbamates (subject to hydrolysis) is 1. The second kappa shape index (κ2) is 9.96. The highest BCUT2D eigenvalue weighted by Gasteiger charge is 2.25. The Hall–Kier alpha value is -0.930. The molecular weight excluding hydrogens is 363 g/mol. The summed E-state index contributed by atoms with van der Waals surface area (Å²) in [6, 6.07) is -1.21. The van der Waals surface area contributed by atoms with Crippen molar-refractivity contribution >= 4 is 12.1 Å². The molecule has 0 aliphatic carbocycles. The highest BCUT2D eigenvalue weighted by molar-refractivity contribution is 5.81. The summed E-state index contributed by atoms with van der Waals surface area (Å²) in [5, 5.41) is 11.3. The average Bonchev–Trinajstić information content (AvgIpc) is 2.33. The monoisotopic (exact) mass is 388 g/mol. The summed E-state index contributed by atoms with van der Waals surface area (Å²) in [6.07, 6.45) is -0.821. The molecule has 0 aliphatic heterocycles. The molecule has 9 heteroatoms. The molecule has 0 radical (unpaired) electrons. The molecule has 0 saturated carbocycles. The minimum Gasteiger partial charge on any atom is -1.00 e. The van der Waals surface area contributed by atoms with Gasteiger partial charge in [0.15, 0.2) is 6.04 Å². The van der Waals surface area contributed by atoms with Crippen LogP contribution in [0.5, 0.6) is 0 Å². The Labute approximate surface area is 141 Å². The third-order valence-corrected chi connectivity index (χ3v) is 2.42. The van der Waals surface area contributed by atoms with Gasteiger partial charge in [0.1, 0.15) is 18.8 Å². The fourth-order valence-electron chi connectivity index (χ4n) is 1.18. The van der Waals surface area contributed by atoms with Crippen LogP contribution in [0.1, 0.15) is 20.8 Å². The molecule has 132 valence electrons. The van der Waals surface area contributed by atoms with Crippen LogP contribution in [-0.4, -0.2) is 73.9 Å². The molecular formula is C13H26BrFN2O5. The van der Waals surface area contributed by atoms with Crippen molar-refractivity contribution in [3.8, 4) is 0 Å². The number of rotatable bonds is 7. The second-order valence-electron chi connectivity index (χ2n) is 6.33. The lowest BCUT2D eigenvalue weighted by atomic mass is 10.2. The molecule has 7 nitrogen and oxygen atoms in total. The largest absolute Gasteiger partial charge is 1.00 e. The summed E-state index contributed by atoms with van der Waals surface area (Å²) in [7, 11) is 3.30. The Morgan fingerprint density at radius 1 is 1.32 bits per heavy atom. The standard InChI is InChI=1S/C13H25FN2O5.BrH/c1-13(2,3)21-12(19)15-10(8-17)11(18)20-7-6-16(4,5)9-14;/h10,17H,6-9H2,1-5H3;1H/t10-;/m0./s1. The molecule has 0 saturated heterocycles. The van der Waals surface area contributed by atoms with Crippen molar-refractivity contribution in [3.63, 3.8) is 0 Å². The van der Waals surface area contributed by atoms with Crippen LogP contribution in [0.4, 0.5) is 9.18 Å². The number of aliphatic hydroxyl groups is 1. The van der Waals surface area contributed by atoms with Gasteiger partial charge in [-0.2, -0.15) is 4.39 Å². The van der Waals surface area contributed by atoms with E-state index >= 15 is 0 Å². The predicted molar refractivity (Wildman–Crippen MR) is 74.2 cm³/mol. The lowest BCUT2D eigenvalue weighted by molar-refractivity contribution is -0.902. The van der Waals surface area contributed by atoms with E-state index in [1.807, 2.05) is 0 Å². The molecule has 0 aromatic heterocycles. The zero-order valence-electron chi connectivity index (χ0n) is 13.7. The van der Waals surface area contributed by atoms with E-state index in [9.17, 15) is 14.0 Å². The van der Waals surface area contributed by atoms with Crippen LogP contribution >= 0.6 is 0 Å². The number of nitrogens with zero attached hydrogens (tertiary/aromatic N) is 1. The van der Waals surface area contributed by atoms with Crippen molar-refractivity contribution in [1.29, 1.82) is 0 Å². The molecule has 0 aromatic rings. The van der Waals surface area contributed by atoms with E-state index in [-0.39, 0.29) is 34.6 Å². The first kappa shape index (κ1) is 23.3. The number of carbonyl (C=O) groups excluding carboxylic acids is 2. The summed E-state index contributed by atoms with van der Waals surface area (Å²) in [5.74, 6) is -0.790. The lowest BCUT2D eigenvalue weighted by Gasteiger charge is -2.26. The number of amides is 1. The molecule has 0 heterocycles. The highest BCUT2D eigenvalue weighted by Crippen LogP contribution is 2.07. The van der Waals surface area contributed by atoms with Crippen molar-refractivity contribution in [3.05, 3.63) is 0 Å². The zero-order chi connectivity index (χ0) is 16.7. The van der Waals surface area contributed by atoms with Crippen molar-refractivity contribution < 1.29 is 50.0 Å². The van der Waals surface area contributed by atoms with Crippen LogP contribution < -0.4 is 22.3 Å². The van der Waals surface area contributed by atoms with Crippen LogP contribution in [-0.2, 0) is 14.3 Å². The smallest absolute Gasteiger partial charge is 0.408 e. The molecule has 0 fully saturated rings. The van der Waals surface area contributed by atoms with Crippen molar-refractivity contribution in [2.24, 2.45) is 0 Å². The van der Waals surface area contributed by atoms with E-state index < -0.39 is 37.1 Å². The van der Waals surface area contributed by atoms with E-state index in [0.29, 0.717) is 0 Å². The van der Waals surface area contributed by atoms with E-state index in [4.69, 9.17) is 14.6 Å². The quantitative estimate of drug-likeness (QED) is 0.284. The number of alkyl halides is 1. The number of quaternary nitrogens is 1. The number of hydrogen-bond donors (Lipinski definition) is 2. The van der Waals surface area contributed by atoms with Gasteiger partial charge in [-0.1, -0.05) is 0 Å². The molecule has 0 rings (SSSR count). The van der Waals surface area contributed by atoms with Crippen LogP contribution in [0.3, 0.4) is 0 Å². The van der Waals surface area contributed by atoms with E-state index in [0.717, 1.165) is 0 Å². The Balaban J connectivity index is 0. The first-order chi connectivity index (χ1) is 9.50. The molecule has 0 aromatic carbocycles. The maximum absolute atomic E-state index is 12.6. The normalized spacial score (nSPS) is 12.9. The van der Waals surface area contributed by atoms with Gasteiger partial charge in [0.2, 0.25) is 6.80 Å². The predicted octanol–water partition coefficient (Wildman–Crippen LogP) is -2.58. The van der Waals surface area contributed by atoms with Crippen LogP contribution in [0.25, 0.3) is 0 Å². The van der Waals surface area contributed by atoms with Gasteiger partial charge in [-0.25, -0.2) is 9.59 Å². The minimum atomic E-state index is -1.21. The van der Waals surface area contributed by atoms with Gasteiger partial charge in [0, 0.05) is 0 Å². The number of esters is 1. The van der Waals surface area contributed by atoms with Gasteiger partial charge in [0.05, 0.1) is 20.7 Å². The Bertz CT molecular complexity index is 361. The number of nitrogens with one attached hydrogen (secondary N) is 1. The van der Waals surface area contributed by atoms with Gasteiger partial charge in [-0.05, 0) is 20.8 Å². The van der Waals surface area contributed by atoms with Crippen molar-refractivity contribution in [2.75, 3.05) is 40.7 Å². The third-order valence-electron chi connectivity index (χ3n) is 2.42. The molecule has 0 aliphatic rings. The van der Waals surface area contributed by atoms with Gasteiger partial charge in [-0.15, -0.1) is 0 Å². The first-order valence-electron chi connectivity index (χ1n) is 6.66. The maximum atomic E-state index is 12.6. The fraction of sp³-hybridized carbons (Fsp3) is 0.846. The number of aliphatic hydroxyl groups excluding tert-OH is 1. The van der Waals surface area contributed by atoms with Gasteiger partial charge < -0.3 is 36.9 Å². The number of ether oxygens (including phenoxy) is 2. The Kier molecular flexibility index (Phi) is 10.6. The minimum absolute atomic E-state index is 0. The molecule has 1 amide bonds. The second-order valence-corrected chi connectivity index (χ2v) is 6.33. The van der Waals surface area contributed by atoms with Crippen LogP contribution in [0.15, 0.2) is 0 Å². The topological polar surface area (TPSA) is 84.9 Å². The highest BCUT2D eigenvalue weighted by atomic mass is 79.9. The molecule has 0 unspecified atom stereocenters. The fourth-order valence-corrected chi connectivity index (χ4v) is 1.18. The summed E-state index contributed by atoms with van der Waals surface area (Å²) in [5.41, 5.74) is -0.712. The number of carbonyl (C=O) groups is 2. The number of halogens is 2. The van der Waals surface area contributed by atoms with Gasteiger partial charge in [-0.3, -0.25) is 4.48 Å². The summed E-state index contributed by atoms with van der Waals surface area (Å²) in [6.45, 7) is 4.10. The Morgan fingerprint density at radius 3 is 2.27 bits per heavy atom. The first-order valence-corrected chi connectivity index (χ1v) is 6.66. The SMILES string of the molecule is CC(C)(C)OC(=O)N[C@@H](CO)C(=O)OCC[N+](C)(C)CF.[Br-]. The number of hydrogen-bond acceptors (Lipinski definition) is 5.